The number of furan rings is 1. The van der Waals surface area contributed by atoms with Gasteiger partial charge in [-0.3, -0.25) is 4.79 Å². The number of pyridine rings is 1. The molecule has 2 N–H and O–H groups in total. The number of ether oxygens (including phenoxy) is 1. The molecule has 0 bridgehead atoms. The monoisotopic (exact) mass is 399 g/mol. The van der Waals surface area contributed by atoms with E-state index in [1.165, 1.54) is 0 Å². The van der Waals surface area contributed by atoms with Gasteiger partial charge in [0.2, 0.25) is 0 Å². The number of benzene rings is 2. The first-order valence-corrected chi connectivity index (χ1v) is 9.57. The lowest BCUT2D eigenvalue weighted by molar-refractivity contribution is 0.0948. The lowest BCUT2D eigenvalue weighted by Crippen LogP contribution is -2.22. The van der Waals surface area contributed by atoms with Crippen molar-refractivity contribution >= 4 is 17.4 Å². The van der Waals surface area contributed by atoms with Crippen LogP contribution in [0.15, 0.2) is 95.7 Å². The second kappa shape index (κ2) is 9.43. The highest BCUT2D eigenvalue weighted by Gasteiger charge is 2.08. The van der Waals surface area contributed by atoms with E-state index in [1.54, 1.807) is 30.7 Å². The Balaban J connectivity index is 1.33. The number of carbonyl (C=O) groups excluding carboxylic acids is 1. The molecule has 4 aromatic rings. The van der Waals surface area contributed by atoms with Gasteiger partial charge in [0.25, 0.3) is 5.91 Å². The van der Waals surface area contributed by atoms with E-state index in [-0.39, 0.29) is 5.91 Å². The lowest BCUT2D eigenvalue weighted by Gasteiger charge is -2.10. The molecule has 2 aromatic heterocycles. The van der Waals surface area contributed by atoms with Crippen molar-refractivity contribution < 1.29 is 13.9 Å². The molecule has 4 rings (SSSR count). The van der Waals surface area contributed by atoms with Crippen molar-refractivity contribution in [2.24, 2.45) is 0 Å². The number of aromatic nitrogens is 1. The quantitative estimate of drug-likeness (QED) is 0.439. The van der Waals surface area contributed by atoms with Crippen molar-refractivity contribution in [1.82, 2.24) is 10.3 Å². The highest BCUT2D eigenvalue weighted by molar-refractivity contribution is 5.94. The molecule has 2 heterocycles. The van der Waals surface area contributed by atoms with Crippen molar-refractivity contribution in [1.29, 1.82) is 0 Å². The van der Waals surface area contributed by atoms with Crippen LogP contribution in [0.5, 0.6) is 5.75 Å². The van der Waals surface area contributed by atoms with Gasteiger partial charge in [0.15, 0.2) is 0 Å². The van der Waals surface area contributed by atoms with Crippen molar-refractivity contribution in [2.75, 3.05) is 5.32 Å². The van der Waals surface area contributed by atoms with Crippen molar-refractivity contribution in [2.45, 2.75) is 13.2 Å². The van der Waals surface area contributed by atoms with Crippen LogP contribution < -0.4 is 15.4 Å². The third kappa shape index (κ3) is 5.26. The molecule has 0 aliphatic carbocycles. The Kier molecular flexibility index (Phi) is 6.05. The van der Waals surface area contributed by atoms with Crippen LogP contribution in [0, 0.1) is 0 Å². The zero-order chi connectivity index (χ0) is 20.6. The molecule has 0 aliphatic heterocycles. The average Bonchev–Trinajstić information content (AvgIpc) is 3.32. The van der Waals surface area contributed by atoms with E-state index in [1.807, 2.05) is 60.7 Å². The lowest BCUT2D eigenvalue weighted by atomic mass is 10.2. The smallest absolute Gasteiger partial charge is 0.251 e. The molecule has 6 heteroatoms. The minimum absolute atomic E-state index is 0.193. The van der Waals surface area contributed by atoms with Gasteiger partial charge >= 0.3 is 0 Å². The Morgan fingerprint density at radius 3 is 2.57 bits per heavy atom. The van der Waals surface area contributed by atoms with Gasteiger partial charge in [0.1, 0.15) is 23.9 Å². The second-order valence-corrected chi connectivity index (χ2v) is 6.62. The minimum Gasteiger partial charge on any atom is -0.489 e. The molecule has 0 saturated heterocycles. The molecule has 0 unspecified atom stereocenters. The first kappa shape index (κ1) is 19.3. The Morgan fingerprint density at radius 1 is 0.967 bits per heavy atom. The molecule has 0 radical (unpaired) electrons. The average molecular weight is 399 g/mol. The van der Waals surface area contributed by atoms with Crippen LogP contribution in [-0.4, -0.2) is 10.9 Å². The van der Waals surface area contributed by atoms with E-state index in [0.717, 1.165) is 17.0 Å². The summed E-state index contributed by atoms with van der Waals surface area (Å²) in [4.78, 5) is 16.6. The van der Waals surface area contributed by atoms with Gasteiger partial charge in [-0.05, 0) is 54.1 Å². The molecule has 0 fully saturated rings. The number of carbonyl (C=O) groups is 1. The maximum atomic E-state index is 12.4. The number of hydrogen-bond acceptors (Lipinski definition) is 5. The summed E-state index contributed by atoms with van der Waals surface area (Å²) in [6, 6.07) is 24.6. The fourth-order valence-corrected chi connectivity index (χ4v) is 2.85. The van der Waals surface area contributed by atoms with Gasteiger partial charge in [0.05, 0.1) is 12.8 Å². The van der Waals surface area contributed by atoms with Gasteiger partial charge in [0, 0.05) is 17.4 Å². The molecule has 0 saturated carbocycles. The maximum absolute atomic E-state index is 12.4. The van der Waals surface area contributed by atoms with E-state index in [4.69, 9.17) is 9.15 Å². The third-order valence-electron chi connectivity index (χ3n) is 4.40. The summed E-state index contributed by atoms with van der Waals surface area (Å²) >= 11 is 0. The van der Waals surface area contributed by atoms with Gasteiger partial charge in [-0.25, -0.2) is 4.98 Å². The largest absolute Gasteiger partial charge is 0.489 e. The first-order valence-electron chi connectivity index (χ1n) is 9.57. The summed E-state index contributed by atoms with van der Waals surface area (Å²) in [5.74, 6) is 1.87. The molecule has 2 aromatic carbocycles. The number of nitrogens with one attached hydrogen (secondary N) is 2. The normalized spacial score (nSPS) is 10.4. The minimum atomic E-state index is -0.193. The molecule has 0 aliphatic rings. The van der Waals surface area contributed by atoms with E-state index in [9.17, 15) is 4.79 Å². The summed E-state index contributed by atoms with van der Waals surface area (Å²) in [6.07, 6.45) is 3.18. The van der Waals surface area contributed by atoms with E-state index in [0.29, 0.717) is 30.3 Å². The zero-order valence-corrected chi connectivity index (χ0v) is 16.2. The molecule has 6 nitrogen and oxygen atoms in total. The first-order chi connectivity index (χ1) is 14.8. The van der Waals surface area contributed by atoms with Crippen LogP contribution in [0.25, 0.3) is 0 Å². The van der Waals surface area contributed by atoms with Crippen molar-refractivity contribution in [3.05, 3.63) is 108 Å². The highest BCUT2D eigenvalue weighted by atomic mass is 16.5. The van der Waals surface area contributed by atoms with Crippen LogP contribution in [0.1, 0.15) is 21.7 Å². The molecular formula is C24H21N3O3. The Labute approximate surface area is 174 Å². The molecule has 150 valence electrons. The molecule has 0 spiro atoms. The van der Waals surface area contributed by atoms with E-state index < -0.39 is 0 Å². The summed E-state index contributed by atoms with van der Waals surface area (Å²) in [5, 5.41) is 6.03. The number of nitrogens with zero attached hydrogens (tertiary/aromatic N) is 1. The fourth-order valence-electron chi connectivity index (χ4n) is 2.85. The fraction of sp³-hybridized carbons (Fsp3) is 0.0833. The maximum Gasteiger partial charge on any atom is 0.251 e. The van der Waals surface area contributed by atoms with Crippen LogP contribution in [0.2, 0.25) is 0 Å². The van der Waals surface area contributed by atoms with Crippen molar-refractivity contribution in [3.8, 4) is 5.75 Å². The summed E-state index contributed by atoms with van der Waals surface area (Å²) < 4.78 is 11.0. The summed E-state index contributed by atoms with van der Waals surface area (Å²) in [5.41, 5.74) is 2.48. The van der Waals surface area contributed by atoms with Crippen LogP contribution in [0.4, 0.5) is 11.5 Å². The second-order valence-electron chi connectivity index (χ2n) is 6.62. The predicted octanol–water partition coefficient (Wildman–Crippen LogP) is 4.93. The molecule has 0 atom stereocenters. The van der Waals surface area contributed by atoms with E-state index in [2.05, 4.69) is 15.6 Å². The number of amides is 1. The summed E-state index contributed by atoms with van der Waals surface area (Å²) in [6.45, 7) is 0.853. The Morgan fingerprint density at radius 2 is 1.80 bits per heavy atom. The number of rotatable bonds is 8. The van der Waals surface area contributed by atoms with Crippen LogP contribution in [0.3, 0.4) is 0 Å². The van der Waals surface area contributed by atoms with Gasteiger partial charge in [-0.2, -0.15) is 0 Å². The Hall–Kier alpha value is -4.06. The zero-order valence-electron chi connectivity index (χ0n) is 16.2. The predicted molar refractivity (Wildman–Crippen MR) is 115 cm³/mol. The topological polar surface area (TPSA) is 76.4 Å². The third-order valence-corrected chi connectivity index (χ3v) is 4.40. The standard InChI is InChI=1S/C24H21N3O3/c28-24(26-16-22-7-4-14-29-22)19-12-13-25-23(15-19)27-20-8-10-21(11-9-20)30-17-18-5-2-1-3-6-18/h1-15H,16-17H2,(H,25,27)(H,26,28). The van der Waals surface area contributed by atoms with Crippen LogP contribution in [-0.2, 0) is 13.2 Å². The number of hydrogen-bond donors (Lipinski definition) is 2. The van der Waals surface area contributed by atoms with Gasteiger partial charge in [-0.15, -0.1) is 0 Å². The van der Waals surface area contributed by atoms with Crippen molar-refractivity contribution in [3.63, 3.8) is 0 Å². The highest BCUT2D eigenvalue weighted by Crippen LogP contribution is 2.20. The molecular weight excluding hydrogens is 378 g/mol. The van der Waals surface area contributed by atoms with Crippen LogP contribution >= 0.6 is 0 Å². The molecule has 1 amide bonds. The summed E-state index contributed by atoms with van der Waals surface area (Å²) in [7, 11) is 0. The molecule has 30 heavy (non-hydrogen) atoms. The van der Waals surface area contributed by atoms with Gasteiger partial charge in [-0.1, -0.05) is 30.3 Å². The number of anilines is 2. The van der Waals surface area contributed by atoms with E-state index >= 15 is 0 Å². The Bertz CT molecular complexity index is 1080. The van der Waals surface area contributed by atoms with Gasteiger partial charge < -0.3 is 19.8 Å². The SMILES string of the molecule is O=C(NCc1ccco1)c1ccnc(Nc2ccc(OCc3ccccc3)cc2)c1.